The van der Waals surface area contributed by atoms with Crippen LogP contribution in [0.2, 0.25) is 0 Å². The molecule has 198 valence electrons. The van der Waals surface area contributed by atoms with Crippen molar-refractivity contribution in [3.63, 3.8) is 0 Å². The van der Waals surface area contributed by atoms with Crippen LogP contribution in [0.4, 0.5) is 5.82 Å². The molecule has 5 atom stereocenters. The molecule has 1 aromatic carbocycles. The number of hydrogen-bond acceptors (Lipinski definition) is 13. The van der Waals surface area contributed by atoms with E-state index in [1.54, 1.807) is 24.3 Å². The smallest absolute Gasteiger partial charge is 0.465 e. The molecule has 0 spiro atoms. The number of nitrogens with two attached hydrogens (primary N) is 1. The lowest BCUT2D eigenvalue weighted by Crippen LogP contribution is -2.46. The van der Waals surface area contributed by atoms with Gasteiger partial charge in [-0.3, -0.25) is 18.4 Å². The van der Waals surface area contributed by atoms with Gasteiger partial charge in [-0.2, -0.15) is 10.4 Å². The number of ether oxygens (including phenoxy) is 3. The number of methoxy groups -OCH3 is 1. The first-order valence-corrected chi connectivity index (χ1v) is 12.8. The summed E-state index contributed by atoms with van der Waals surface area (Å²) in [5.41, 5.74) is 5.18. The predicted molar refractivity (Wildman–Crippen MR) is 126 cm³/mol. The van der Waals surface area contributed by atoms with Gasteiger partial charge in [0.2, 0.25) is 5.60 Å². The van der Waals surface area contributed by atoms with E-state index >= 15 is 0 Å². The highest BCUT2D eigenvalue weighted by Gasteiger charge is 2.64. The van der Waals surface area contributed by atoms with Crippen molar-refractivity contribution in [2.75, 3.05) is 19.5 Å². The first kappa shape index (κ1) is 25.8. The zero-order valence-corrected chi connectivity index (χ0v) is 21.1. The van der Waals surface area contributed by atoms with Crippen molar-refractivity contribution in [2.24, 2.45) is 0 Å². The van der Waals surface area contributed by atoms with Gasteiger partial charge in [0.15, 0.2) is 11.9 Å². The van der Waals surface area contributed by atoms with Gasteiger partial charge in [-0.15, -0.1) is 0 Å². The summed E-state index contributed by atoms with van der Waals surface area (Å²) in [4.78, 5) is 28.1. The Morgan fingerprint density at radius 2 is 2.11 bits per heavy atom. The number of aromatic nitrogens is 3. The third kappa shape index (κ3) is 4.30. The average Bonchev–Trinajstić information content (AvgIpc) is 3.48. The van der Waals surface area contributed by atoms with E-state index in [2.05, 4.69) is 16.2 Å². The van der Waals surface area contributed by atoms with Crippen molar-refractivity contribution in [3.8, 4) is 6.07 Å². The van der Waals surface area contributed by atoms with Gasteiger partial charge in [-0.1, -0.05) is 18.2 Å². The number of esters is 2. The summed E-state index contributed by atoms with van der Waals surface area (Å²) in [5, 5.41) is 14.5. The highest BCUT2D eigenvalue weighted by atomic mass is 31.2. The summed E-state index contributed by atoms with van der Waals surface area (Å²) < 4.78 is 47.8. The largest absolute Gasteiger partial charge is 0.475 e. The van der Waals surface area contributed by atoms with E-state index in [-0.39, 0.29) is 30.3 Å². The van der Waals surface area contributed by atoms with Crippen LogP contribution < -0.4 is 5.73 Å². The fraction of sp³-hybridized carbons (Fsp3) is 0.348. The number of hydrogen-bond donors (Lipinski definition) is 1. The Bertz CT molecular complexity index is 1500. The van der Waals surface area contributed by atoms with Crippen LogP contribution in [0.1, 0.15) is 28.5 Å². The van der Waals surface area contributed by atoms with Crippen LogP contribution in [0.15, 0.2) is 42.7 Å². The van der Waals surface area contributed by atoms with Crippen molar-refractivity contribution < 1.29 is 41.9 Å². The minimum atomic E-state index is -4.27. The number of phosphoric acid groups is 1. The van der Waals surface area contributed by atoms with Crippen molar-refractivity contribution in [1.82, 2.24) is 14.6 Å². The lowest BCUT2D eigenvalue weighted by Gasteiger charge is -2.32. The molecule has 15 heteroatoms. The number of fused-ring (bicyclic) bond motifs is 2. The van der Waals surface area contributed by atoms with Gasteiger partial charge < -0.3 is 19.9 Å². The molecule has 0 amide bonds. The number of carbonyl (C=O) groups is 2. The Balaban J connectivity index is 1.46. The summed E-state index contributed by atoms with van der Waals surface area (Å²) in [6.07, 6.45) is -2.35. The van der Waals surface area contributed by atoms with Crippen LogP contribution in [0, 0.1) is 11.3 Å². The fourth-order valence-corrected chi connectivity index (χ4v) is 5.85. The molecule has 2 fully saturated rings. The summed E-state index contributed by atoms with van der Waals surface area (Å²) in [7, 11) is -3.04. The van der Waals surface area contributed by atoms with Crippen LogP contribution in [0.25, 0.3) is 5.52 Å². The van der Waals surface area contributed by atoms with E-state index in [1.165, 1.54) is 30.1 Å². The zero-order valence-electron chi connectivity index (χ0n) is 20.2. The Kier molecular flexibility index (Phi) is 6.64. The predicted octanol–water partition coefficient (Wildman–Crippen LogP) is 1.89. The van der Waals surface area contributed by atoms with Crippen LogP contribution in [-0.2, 0) is 49.3 Å². The zero-order chi connectivity index (χ0) is 27.1. The standard InChI is InChI=1S/C23H22N5O9P/c1-13(29)35-20-19-17(36-23(20,11-24)18-8-7-16-21(25)26-12-27-28(16)18)10-34-38(31,37-19)33-9-14-5-3-4-6-15(14)22(30)32-2/h3-8,12,17,19-20H,9-10H2,1-2H3,(H2,25,26,27)/t17-,19-,20-,23+,38?/m1/s1. The first-order valence-electron chi connectivity index (χ1n) is 11.3. The van der Waals surface area contributed by atoms with Crippen LogP contribution in [0.5, 0.6) is 0 Å². The minimum Gasteiger partial charge on any atom is -0.465 e. The molecule has 2 saturated heterocycles. The maximum absolute atomic E-state index is 13.5. The summed E-state index contributed by atoms with van der Waals surface area (Å²) in [6.45, 7) is 0.537. The summed E-state index contributed by atoms with van der Waals surface area (Å²) >= 11 is 0. The summed E-state index contributed by atoms with van der Waals surface area (Å²) in [6, 6.07) is 11.6. The van der Waals surface area contributed by atoms with Crippen molar-refractivity contribution in [1.29, 1.82) is 5.26 Å². The van der Waals surface area contributed by atoms with E-state index in [4.69, 9.17) is 33.5 Å². The second-order valence-corrected chi connectivity index (χ2v) is 10.1. The molecule has 1 unspecified atom stereocenters. The second kappa shape index (κ2) is 9.79. The number of nitrogens with zero attached hydrogens (tertiary/aromatic N) is 4. The Labute approximate surface area is 215 Å². The number of rotatable bonds is 6. The molecule has 38 heavy (non-hydrogen) atoms. The molecule has 2 aliphatic heterocycles. The third-order valence-electron chi connectivity index (χ3n) is 6.17. The molecular formula is C23H22N5O9P. The number of nitriles is 1. The topological polar surface area (TPSA) is 187 Å². The van der Waals surface area contributed by atoms with Crippen LogP contribution in [-0.4, -0.2) is 58.6 Å². The summed E-state index contributed by atoms with van der Waals surface area (Å²) in [5.74, 6) is -1.18. The molecule has 5 rings (SSSR count). The van der Waals surface area contributed by atoms with Crippen LogP contribution >= 0.6 is 7.82 Å². The number of nitrogen functional groups attached to an aromatic ring is 1. The highest BCUT2D eigenvalue weighted by molar-refractivity contribution is 7.48. The van der Waals surface area contributed by atoms with Crippen molar-refractivity contribution in [2.45, 2.75) is 37.4 Å². The van der Waals surface area contributed by atoms with Crippen molar-refractivity contribution in [3.05, 3.63) is 59.5 Å². The van der Waals surface area contributed by atoms with Gasteiger partial charge in [0.25, 0.3) is 0 Å². The SMILES string of the molecule is COC(=O)c1ccccc1COP1(=O)OC[C@H]2O[C@@](C#N)(c3ccc4c(N)ncnn34)[C@H](OC(C)=O)[C@@H]2O1. The Morgan fingerprint density at radius 3 is 2.84 bits per heavy atom. The van der Waals surface area contributed by atoms with Crippen LogP contribution in [0.3, 0.4) is 0 Å². The monoisotopic (exact) mass is 543 g/mol. The maximum atomic E-state index is 13.5. The molecule has 2 N–H and O–H groups in total. The van der Waals surface area contributed by atoms with Gasteiger partial charge >= 0.3 is 19.8 Å². The molecule has 3 aromatic rings. The van der Waals surface area contributed by atoms with E-state index in [0.29, 0.717) is 11.1 Å². The van der Waals surface area contributed by atoms with Gasteiger partial charge in [0.05, 0.1) is 31.6 Å². The molecule has 2 aromatic heterocycles. The maximum Gasteiger partial charge on any atom is 0.475 e. The number of carbonyl (C=O) groups excluding carboxylic acids is 2. The second-order valence-electron chi connectivity index (χ2n) is 8.43. The van der Waals surface area contributed by atoms with E-state index in [1.807, 2.05) is 0 Å². The van der Waals surface area contributed by atoms with Gasteiger partial charge in [0, 0.05) is 6.92 Å². The average molecular weight is 543 g/mol. The quantitative estimate of drug-likeness (QED) is 0.351. The van der Waals surface area contributed by atoms with Gasteiger partial charge in [0.1, 0.15) is 30.1 Å². The fourth-order valence-electron chi connectivity index (χ4n) is 4.48. The Hall–Kier alpha value is -3.86. The molecule has 4 heterocycles. The number of anilines is 1. The number of phosphoric ester groups is 1. The Morgan fingerprint density at radius 1 is 1.32 bits per heavy atom. The van der Waals surface area contributed by atoms with E-state index in [0.717, 1.165) is 6.92 Å². The van der Waals surface area contributed by atoms with E-state index in [9.17, 15) is 19.4 Å². The molecule has 0 saturated carbocycles. The highest BCUT2D eigenvalue weighted by Crippen LogP contribution is 2.59. The molecule has 0 bridgehead atoms. The lowest BCUT2D eigenvalue weighted by molar-refractivity contribution is -0.157. The number of benzene rings is 1. The van der Waals surface area contributed by atoms with E-state index < -0.39 is 43.7 Å². The molecule has 0 radical (unpaired) electrons. The third-order valence-corrected chi connectivity index (χ3v) is 7.58. The molecule has 14 nitrogen and oxygen atoms in total. The van der Waals surface area contributed by atoms with Crippen molar-refractivity contribution >= 4 is 31.1 Å². The van der Waals surface area contributed by atoms with Gasteiger partial charge in [-0.05, 0) is 23.8 Å². The molecule has 0 aliphatic carbocycles. The molecular weight excluding hydrogens is 521 g/mol. The lowest BCUT2D eigenvalue weighted by atomic mass is 9.92. The molecule has 2 aliphatic rings. The van der Waals surface area contributed by atoms with Gasteiger partial charge in [-0.25, -0.2) is 18.9 Å². The normalized spacial score (nSPS) is 28.4. The first-order chi connectivity index (χ1) is 18.2. The minimum absolute atomic E-state index is 0.156.